The molecule has 0 radical (unpaired) electrons. The molecule has 0 amide bonds. The topological polar surface area (TPSA) is 71.4 Å². The Kier molecular flexibility index (Phi) is 3.66. The van der Waals surface area contributed by atoms with Crippen LogP contribution in [-0.4, -0.2) is 25.5 Å². The zero-order chi connectivity index (χ0) is 14.0. The molecule has 1 aromatic rings. The quantitative estimate of drug-likeness (QED) is 0.899. The number of hydrogen-bond donors (Lipinski definition) is 1. The Balaban J connectivity index is 2.61. The monoisotopic (exact) mass is 272 g/mol. The molecule has 1 heterocycles. The number of nitrogens with one attached hydrogen (secondary N) is 1. The third-order valence-corrected chi connectivity index (χ3v) is 3.01. The molecule has 1 aliphatic rings. The molecular weight excluding hydrogens is 259 g/mol. The summed E-state index contributed by atoms with van der Waals surface area (Å²) in [7, 11) is 0. The molecule has 0 fully saturated rings. The molecule has 0 unspecified atom stereocenters. The number of hydrogen-bond acceptors (Lipinski definition) is 3. The highest BCUT2D eigenvalue weighted by molar-refractivity contribution is 5.82. The first kappa shape index (κ1) is 13.7. The van der Waals surface area contributed by atoms with Crippen molar-refractivity contribution < 1.29 is 17.9 Å². The van der Waals surface area contributed by atoms with Gasteiger partial charge in [-0.25, -0.2) is 13.2 Å². The molecule has 0 aromatic heterocycles. The van der Waals surface area contributed by atoms with Gasteiger partial charge in [0.05, 0.1) is 6.61 Å². The molecule has 1 aromatic carbocycles. The molecule has 4 nitrogen and oxygen atoms in total. The summed E-state index contributed by atoms with van der Waals surface area (Å²) in [5, 5.41) is 0. The summed E-state index contributed by atoms with van der Waals surface area (Å²) in [5.41, 5.74) is 10.5. The van der Waals surface area contributed by atoms with Crippen molar-refractivity contribution in [2.75, 3.05) is 13.2 Å². The number of halogens is 3. The largest absolute Gasteiger partial charge is 0.699 e. The van der Waals surface area contributed by atoms with E-state index in [-0.39, 0.29) is 36.7 Å². The number of alkyl halides is 2. The van der Waals surface area contributed by atoms with Crippen LogP contribution in [0.2, 0.25) is 0 Å². The molecule has 7 heteroatoms. The second kappa shape index (κ2) is 5.08. The van der Waals surface area contributed by atoms with Gasteiger partial charge in [-0.15, -0.1) is 5.69 Å². The van der Waals surface area contributed by atoms with Crippen molar-refractivity contribution in [3.8, 4) is 0 Å². The second-order valence-corrected chi connectivity index (χ2v) is 4.33. The lowest BCUT2D eigenvalue weighted by Gasteiger charge is -2.29. The van der Waals surface area contributed by atoms with Gasteiger partial charge < -0.3 is 16.2 Å². The van der Waals surface area contributed by atoms with E-state index in [1.165, 1.54) is 6.07 Å². The zero-order valence-electron chi connectivity index (χ0n) is 10.00. The number of benzene rings is 1. The van der Waals surface area contributed by atoms with Gasteiger partial charge in [0, 0.05) is 12.0 Å². The van der Waals surface area contributed by atoms with Gasteiger partial charge in [-0.1, -0.05) is 12.1 Å². The fourth-order valence-electron chi connectivity index (χ4n) is 2.08. The maximum absolute atomic E-state index is 13.9. The predicted molar refractivity (Wildman–Crippen MR) is 65.1 cm³/mol. The van der Waals surface area contributed by atoms with E-state index in [4.69, 9.17) is 16.2 Å². The molecule has 104 valence electrons. The fourth-order valence-corrected chi connectivity index (χ4v) is 2.08. The molecule has 3 N–H and O–H groups in total. The number of nitrogens with two attached hydrogens (primary N) is 1. The molecule has 19 heavy (non-hydrogen) atoms. The lowest BCUT2D eigenvalue weighted by atomic mass is 9.87. The van der Waals surface area contributed by atoms with Gasteiger partial charge in [0.2, 0.25) is 0 Å². The van der Waals surface area contributed by atoms with Gasteiger partial charge in [0.1, 0.15) is 18.3 Å². The van der Waals surface area contributed by atoms with Crippen LogP contribution in [0, 0.1) is 5.82 Å². The van der Waals surface area contributed by atoms with Crippen molar-refractivity contribution in [3.05, 3.63) is 35.3 Å². The number of amidine groups is 1. The van der Waals surface area contributed by atoms with Gasteiger partial charge in [0.15, 0.2) is 5.54 Å². The SMILES string of the molecule is [NH-]c1ccc(F)c([C@]2(C(F)F)CCOCC(N)=N2)c1. The summed E-state index contributed by atoms with van der Waals surface area (Å²) in [5.74, 6) is -0.928. The number of nitrogens with zero attached hydrogens (tertiary/aromatic N) is 1. The Morgan fingerprint density at radius 2 is 2.16 bits per heavy atom. The smallest absolute Gasteiger partial charge is 0.267 e. The predicted octanol–water partition coefficient (Wildman–Crippen LogP) is 2.75. The van der Waals surface area contributed by atoms with Gasteiger partial charge in [-0.2, -0.15) is 0 Å². The van der Waals surface area contributed by atoms with E-state index in [1.54, 1.807) is 0 Å². The molecule has 1 atom stereocenters. The maximum Gasteiger partial charge on any atom is 0.267 e. The summed E-state index contributed by atoms with van der Waals surface area (Å²) < 4.78 is 45.9. The summed E-state index contributed by atoms with van der Waals surface area (Å²) in [6.07, 6.45) is -3.13. The van der Waals surface area contributed by atoms with Crippen LogP contribution >= 0.6 is 0 Å². The Bertz CT molecular complexity index is 507. The van der Waals surface area contributed by atoms with Crippen LogP contribution in [0.25, 0.3) is 5.73 Å². The van der Waals surface area contributed by atoms with E-state index >= 15 is 0 Å². The molecule has 2 rings (SSSR count). The van der Waals surface area contributed by atoms with E-state index in [9.17, 15) is 13.2 Å². The number of rotatable bonds is 2. The molecule has 0 saturated carbocycles. The second-order valence-electron chi connectivity index (χ2n) is 4.33. The highest BCUT2D eigenvalue weighted by Gasteiger charge is 2.44. The lowest BCUT2D eigenvalue weighted by molar-refractivity contribution is 0.0331. The highest BCUT2D eigenvalue weighted by atomic mass is 19.3. The molecule has 0 bridgehead atoms. The van der Waals surface area contributed by atoms with Gasteiger partial charge in [0.25, 0.3) is 6.43 Å². The Morgan fingerprint density at radius 3 is 2.84 bits per heavy atom. The minimum atomic E-state index is -2.94. The van der Waals surface area contributed by atoms with Crippen molar-refractivity contribution in [2.45, 2.75) is 18.4 Å². The van der Waals surface area contributed by atoms with Gasteiger partial charge >= 0.3 is 0 Å². The normalized spacial score (nSPS) is 24.1. The van der Waals surface area contributed by atoms with E-state index in [2.05, 4.69) is 4.99 Å². The number of ether oxygens (including phenoxy) is 1. The van der Waals surface area contributed by atoms with Crippen molar-refractivity contribution in [1.82, 2.24) is 0 Å². The van der Waals surface area contributed by atoms with Crippen LogP contribution in [0.15, 0.2) is 23.2 Å². The van der Waals surface area contributed by atoms with Crippen molar-refractivity contribution >= 4 is 11.5 Å². The van der Waals surface area contributed by atoms with Crippen LogP contribution < -0.4 is 5.73 Å². The summed E-state index contributed by atoms with van der Waals surface area (Å²) in [6, 6.07) is 3.24. The molecule has 0 spiro atoms. The van der Waals surface area contributed by atoms with E-state index in [0.717, 1.165) is 12.1 Å². The Labute approximate surface area is 108 Å². The van der Waals surface area contributed by atoms with Gasteiger partial charge in [-0.05, 0) is 6.07 Å². The average molecular weight is 272 g/mol. The first-order valence-electron chi connectivity index (χ1n) is 5.67. The van der Waals surface area contributed by atoms with E-state index in [0.29, 0.717) is 0 Å². The first-order chi connectivity index (χ1) is 8.95. The third kappa shape index (κ3) is 2.51. The van der Waals surface area contributed by atoms with Crippen LogP contribution in [0.3, 0.4) is 0 Å². The molecular formula is C12H13F3N3O-. The number of aliphatic imine (C=N–C) groups is 1. The minimum absolute atomic E-state index is 0.00376. The fraction of sp³-hybridized carbons (Fsp3) is 0.417. The molecule has 0 saturated heterocycles. The van der Waals surface area contributed by atoms with Crippen LogP contribution in [-0.2, 0) is 10.3 Å². The third-order valence-electron chi connectivity index (χ3n) is 3.01. The van der Waals surface area contributed by atoms with Crippen LogP contribution in [0.1, 0.15) is 12.0 Å². The first-order valence-corrected chi connectivity index (χ1v) is 5.67. The molecule has 0 aliphatic carbocycles. The highest BCUT2D eigenvalue weighted by Crippen LogP contribution is 2.40. The van der Waals surface area contributed by atoms with Crippen LogP contribution in [0.4, 0.5) is 18.9 Å². The van der Waals surface area contributed by atoms with E-state index in [1.807, 2.05) is 0 Å². The van der Waals surface area contributed by atoms with Crippen molar-refractivity contribution in [2.24, 2.45) is 10.7 Å². The zero-order valence-corrected chi connectivity index (χ0v) is 10.00. The molecule has 1 aliphatic heterocycles. The van der Waals surface area contributed by atoms with E-state index < -0.39 is 17.8 Å². The maximum atomic E-state index is 13.9. The lowest BCUT2D eigenvalue weighted by Crippen LogP contribution is -2.36. The van der Waals surface area contributed by atoms with Crippen molar-refractivity contribution in [1.29, 1.82) is 0 Å². The Morgan fingerprint density at radius 1 is 1.42 bits per heavy atom. The summed E-state index contributed by atoms with van der Waals surface area (Å²) >= 11 is 0. The standard InChI is InChI=1S/C12H13F3N3O/c13-9-2-1-7(16)5-8(9)12(11(14)15)3-4-19-6-10(17)18-12/h1-2,5,11,16H,3-4,6H2,(H2,17,18)/q-1/t12-/m0/s1. The van der Waals surface area contributed by atoms with Gasteiger partial charge in [-0.3, -0.25) is 4.99 Å². The Hall–Kier alpha value is -1.76. The minimum Gasteiger partial charge on any atom is -0.699 e. The summed E-state index contributed by atoms with van der Waals surface area (Å²) in [4.78, 5) is 3.78. The average Bonchev–Trinajstić information content (AvgIpc) is 2.55. The summed E-state index contributed by atoms with van der Waals surface area (Å²) in [6.45, 7) is -0.0626. The van der Waals surface area contributed by atoms with Crippen LogP contribution in [0.5, 0.6) is 0 Å². The van der Waals surface area contributed by atoms with Crippen molar-refractivity contribution in [3.63, 3.8) is 0 Å².